The van der Waals surface area contributed by atoms with Crippen LogP contribution in [0.3, 0.4) is 0 Å². The van der Waals surface area contributed by atoms with E-state index in [9.17, 15) is 8.42 Å². The van der Waals surface area contributed by atoms with E-state index in [4.69, 9.17) is 0 Å². The lowest BCUT2D eigenvalue weighted by atomic mass is 10.0. The highest BCUT2D eigenvalue weighted by molar-refractivity contribution is 7.92. The molecule has 172 valence electrons. The minimum atomic E-state index is -3.70. The van der Waals surface area contributed by atoms with Crippen LogP contribution in [-0.2, 0) is 16.4 Å². The Balaban J connectivity index is 1.75. The molecule has 0 unspecified atom stereocenters. The molecule has 2 aromatic carbocycles. The molecular formula is C27H36N2O2S. The van der Waals surface area contributed by atoms with Crippen molar-refractivity contribution in [2.75, 3.05) is 11.4 Å². The van der Waals surface area contributed by atoms with Crippen LogP contribution in [0.25, 0.3) is 10.9 Å². The zero-order valence-electron chi connectivity index (χ0n) is 19.7. The number of unbranched alkanes of at least 4 members (excludes halogenated alkanes) is 7. The number of hydrogen-bond donors (Lipinski definition) is 0. The summed E-state index contributed by atoms with van der Waals surface area (Å²) >= 11 is 0. The van der Waals surface area contributed by atoms with Crippen LogP contribution in [0.1, 0.15) is 69.4 Å². The number of rotatable bonds is 12. The first-order valence-electron chi connectivity index (χ1n) is 11.9. The summed E-state index contributed by atoms with van der Waals surface area (Å²) in [6.45, 7) is 4.22. The van der Waals surface area contributed by atoms with Gasteiger partial charge in [-0.15, -0.1) is 0 Å². The molecule has 32 heavy (non-hydrogen) atoms. The Morgan fingerprint density at radius 2 is 1.56 bits per heavy atom. The van der Waals surface area contributed by atoms with Gasteiger partial charge in [-0.05, 0) is 55.2 Å². The van der Waals surface area contributed by atoms with E-state index in [1.165, 1.54) is 42.8 Å². The van der Waals surface area contributed by atoms with Gasteiger partial charge < -0.3 is 0 Å². The quantitative estimate of drug-likeness (QED) is 0.277. The van der Waals surface area contributed by atoms with Crippen LogP contribution in [0, 0.1) is 6.92 Å². The van der Waals surface area contributed by atoms with E-state index < -0.39 is 10.0 Å². The second-order valence-corrected chi connectivity index (χ2v) is 10.6. The van der Waals surface area contributed by atoms with E-state index in [0.717, 1.165) is 35.8 Å². The van der Waals surface area contributed by atoms with Crippen molar-refractivity contribution >= 4 is 26.6 Å². The van der Waals surface area contributed by atoms with Gasteiger partial charge in [-0.1, -0.05) is 76.1 Å². The van der Waals surface area contributed by atoms with Crippen molar-refractivity contribution in [2.24, 2.45) is 0 Å². The van der Waals surface area contributed by atoms with Crippen molar-refractivity contribution in [3.05, 3.63) is 65.9 Å². The molecule has 0 fully saturated rings. The fourth-order valence-electron chi connectivity index (χ4n) is 4.25. The summed E-state index contributed by atoms with van der Waals surface area (Å²) in [5.74, 6) is 0. The molecule has 0 radical (unpaired) electrons. The molecule has 0 saturated carbocycles. The van der Waals surface area contributed by atoms with E-state index in [1.807, 2.05) is 49.4 Å². The lowest BCUT2D eigenvalue weighted by Gasteiger charge is -2.23. The number of benzene rings is 2. The average Bonchev–Trinajstić information content (AvgIpc) is 2.80. The molecule has 0 aliphatic rings. The third-order valence-electron chi connectivity index (χ3n) is 6.08. The molecule has 0 amide bonds. The van der Waals surface area contributed by atoms with Crippen LogP contribution in [0.4, 0.5) is 5.69 Å². The molecule has 0 bridgehead atoms. The predicted molar refractivity (Wildman–Crippen MR) is 135 cm³/mol. The molecule has 4 nitrogen and oxygen atoms in total. The SMILES string of the molecule is CCCCCCCCCCc1ccccc1S(=O)(=O)N(C)c1cc(C)cc2cccnc12. The molecule has 0 spiro atoms. The largest absolute Gasteiger partial charge is 0.267 e. The van der Waals surface area contributed by atoms with Gasteiger partial charge in [0.05, 0.1) is 16.1 Å². The monoisotopic (exact) mass is 452 g/mol. The van der Waals surface area contributed by atoms with E-state index in [-0.39, 0.29) is 0 Å². The molecule has 5 heteroatoms. The second kappa shape index (κ2) is 11.5. The van der Waals surface area contributed by atoms with Gasteiger partial charge in [-0.25, -0.2) is 8.42 Å². The molecule has 1 aromatic heterocycles. The van der Waals surface area contributed by atoms with Gasteiger partial charge in [-0.3, -0.25) is 9.29 Å². The Morgan fingerprint density at radius 1 is 0.875 bits per heavy atom. The zero-order chi connectivity index (χ0) is 23.0. The van der Waals surface area contributed by atoms with Crippen molar-refractivity contribution in [3.8, 4) is 0 Å². The van der Waals surface area contributed by atoms with Crippen LogP contribution in [0.2, 0.25) is 0 Å². The highest BCUT2D eigenvalue weighted by Gasteiger charge is 2.25. The summed E-state index contributed by atoms with van der Waals surface area (Å²) in [7, 11) is -2.06. The third-order valence-corrected chi connectivity index (χ3v) is 7.95. The minimum Gasteiger partial charge on any atom is -0.267 e. The molecule has 1 heterocycles. The van der Waals surface area contributed by atoms with Gasteiger partial charge in [0.1, 0.15) is 0 Å². The maximum absolute atomic E-state index is 13.6. The van der Waals surface area contributed by atoms with Crippen molar-refractivity contribution < 1.29 is 8.42 Å². The average molecular weight is 453 g/mol. The van der Waals surface area contributed by atoms with E-state index in [1.54, 1.807) is 19.3 Å². The Labute approximate surface area is 193 Å². The van der Waals surface area contributed by atoms with Crippen LogP contribution in [0.15, 0.2) is 59.6 Å². The summed E-state index contributed by atoms with van der Waals surface area (Å²) < 4.78 is 28.7. The molecule has 3 aromatic rings. The first kappa shape index (κ1) is 24.2. The lowest BCUT2D eigenvalue weighted by Crippen LogP contribution is -2.28. The fraction of sp³-hybridized carbons (Fsp3) is 0.444. The number of nitrogens with zero attached hydrogens (tertiary/aromatic N) is 2. The number of fused-ring (bicyclic) bond motifs is 1. The smallest absolute Gasteiger partial charge is 0.264 e. The van der Waals surface area contributed by atoms with E-state index >= 15 is 0 Å². The van der Waals surface area contributed by atoms with Crippen molar-refractivity contribution in [1.82, 2.24) is 4.98 Å². The molecule has 0 atom stereocenters. The summed E-state index contributed by atoms with van der Waals surface area (Å²) in [5.41, 5.74) is 3.22. The lowest BCUT2D eigenvalue weighted by molar-refractivity contribution is 0.572. The van der Waals surface area contributed by atoms with Gasteiger partial charge in [0.15, 0.2) is 0 Å². The molecule has 3 rings (SSSR count). The number of hydrogen-bond acceptors (Lipinski definition) is 3. The van der Waals surface area contributed by atoms with Crippen LogP contribution in [-0.4, -0.2) is 20.4 Å². The standard InChI is InChI=1S/C27H36N2O2S/c1-4-5-6-7-8-9-10-11-15-23-16-12-13-18-26(23)32(30,31)29(3)25-21-22(2)20-24-17-14-19-28-27(24)25/h12-14,16-21H,4-11,15H2,1-3H3. The molecule has 0 aliphatic carbocycles. The Hall–Kier alpha value is -2.40. The van der Waals surface area contributed by atoms with Gasteiger partial charge >= 0.3 is 0 Å². The van der Waals surface area contributed by atoms with Crippen molar-refractivity contribution in [2.45, 2.75) is 76.5 Å². The zero-order valence-corrected chi connectivity index (χ0v) is 20.5. The number of aryl methyl sites for hydroxylation is 2. The molecular weight excluding hydrogens is 416 g/mol. The van der Waals surface area contributed by atoms with Crippen LogP contribution >= 0.6 is 0 Å². The summed E-state index contributed by atoms with van der Waals surface area (Å²) in [6, 6.07) is 15.2. The van der Waals surface area contributed by atoms with Gasteiger partial charge in [-0.2, -0.15) is 0 Å². The van der Waals surface area contributed by atoms with Gasteiger partial charge in [0.2, 0.25) is 0 Å². The topological polar surface area (TPSA) is 50.3 Å². The summed E-state index contributed by atoms with van der Waals surface area (Å²) in [4.78, 5) is 4.86. The Bertz CT molecular complexity index is 1130. The normalized spacial score (nSPS) is 11.7. The predicted octanol–water partition coefficient (Wildman–Crippen LogP) is 7.05. The third kappa shape index (κ3) is 5.89. The van der Waals surface area contributed by atoms with Crippen LogP contribution < -0.4 is 4.31 Å². The molecule has 0 saturated heterocycles. The number of aromatic nitrogens is 1. The van der Waals surface area contributed by atoms with Crippen molar-refractivity contribution in [1.29, 1.82) is 0 Å². The van der Waals surface area contributed by atoms with E-state index in [0.29, 0.717) is 16.1 Å². The van der Waals surface area contributed by atoms with Crippen molar-refractivity contribution in [3.63, 3.8) is 0 Å². The second-order valence-electron chi connectivity index (χ2n) is 8.66. The first-order chi connectivity index (χ1) is 15.4. The minimum absolute atomic E-state index is 0.399. The Morgan fingerprint density at radius 3 is 2.31 bits per heavy atom. The van der Waals surface area contributed by atoms with Gasteiger partial charge in [0.25, 0.3) is 10.0 Å². The maximum atomic E-state index is 13.6. The first-order valence-corrected chi connectivity index (χ1v) is 13.3. The Kier molecular flexibility index (Phi) is 8.68. The summed E-state index contributed by atoms with van der Waals surface area (Å²) in [5, 5.41) is 0.941. The highest BCUT2D eigenvalue weighted by Crippen LogP contribution is 2.31. The maximum Gasteiger partial charge on any atom is 0.264 e. The number of pyridine rings is 1. The highest BCUT2D eigenvalue weighted by atomic mass is 32.2. The molecule has 0 aliphatic heterocycles. The fourth-order valence-corrected chi connectivity index (χ4v) is 5.69. The van der Waals surface area contributed by atoms with Gasteiger partial charge in [0, 0.05) is 18.6 Å². The number of anilines is 1. The van der Waals surface area contributed by atoms with E-state index in [2.05, 4.69) is 11.9 Å². The number of sulfonamides is 1. The summed E-state index contributed by atoms with van der Waals surface area (Å²) in [6.07, 6.45) is 12.4. The van der Waals surface area contributed by atoms with Crippen LogP contribution in [0.5, 0.6) is 0 Å². The molecule has 0 N–H and O–H groups in total.